The predicted octanol–water partition coefficient (Wildman–Crippen LogP) is 4.49. The fourth-order valence-corrected chi connectivity index (χ4v) is 2.22. The third kappa shape index (κ3) is 2.24. The van der Waals surface area contributed by atoms with E-state index in [0.717, 1.165) is 17.2 Å². The first-order valence-corrected chi connectivity index (χ1v) is 6.42. The van der Waals surface area contributed by atoms with Crippen molar-refractivity contribution in [2.24, 2.45) is 0 Å². The summed E-state index contributed by atoms with van der Waals surface area (Å²) in [7, 11) is 0. The van der Waals surface area contributed by atoms with Gasteiger partial charge in [-0.15, -0.1) is 0 Å². The number of rotatable bonds is 3. The summed E-state index contributed by atoms with van der Waals surface area (Å²) in [4.78, 5) is 15.3. The van der Waals surface area contributed by atoms with Gasteiger partial charge in [-0.3, -0.25) is 9.78 Å². The van der Waals surface area contributed by atoms with Crippen molar-refractivity contribution in [3.63, 3.8) is 0 Å². The van der Waals surface area contributed by atoms with Crippen LogP contribution in [0.4, 0.5) is 0 Å². The van der Waals surface area contributed by atoms with E-state index in [0.29, 0.717) is 22.1 Å². The Morgan fingerprint density at radius 1 is 1.05 bits per heavy atom. The quantitative estimate of drug-likeness (QED) is 0.665. The maximum absolute atomic E-state index is 11.1. The lowest BCUT2D eigenvalue weighted by atomic mass is 10.2. The second kappa shape index (κ2) is 5.31. The van der Waals surface area contributed by atoms with E-state index >= 15 is 0 Å². The molecule has 0 atom stereocenters. The first-order chi connectivity index (χ1) is 9.79. The fourth-order valence-electron chi connectivity index (χ4n) is 2.00. The molecule has 0 bridgehead atoms. The highest BCUT2D eigenvalue weighted by molar-refractivity contribution is 6.32. The number of carbonyl (C=O) groups excluding carboxylic acids is 1. The summed E-state index contributed by atoms with van der Waals surface area (Å²) in [6, 6.07) is 14.4. The largest absolute Gasteiger partial charge is 0.454 e. The van der Waals surface area contributed by atoms with Crippen LogP contribution in [0.2, 0.25) is 5.02 Å². The molecule has 0 aliphatic rings. The van der Waals surface area contributed by atoms with Gasteiger partial charge < -0.3 is 4.74 Å². The molecule has 4 heteroatoms. The first-order valence-electron chi connectivity index (χ1n) is 6.05. The summed E-state index contributed by atoms with van der Waals surface area (Å²) >= 11 is 6.11. The van der Waals surface area contributed by atoms with Crippen molar-refractivity contribution in [1.29, 1.82) is 0 Å². The topological polar surface area (TPSA) is 39.2 Å². The van der Waals surface area contributed by atoms with Crippen molar-refractivity contribution in [3.8, 4) is 11.5 Å². The van der Waals surface area contributed by atoms with E-state index < -0.39 is 0 Å². The molecule has 0 amide bonds. The van der Waals surface area contributed by atoms with Gasteiger partial charge in [0.1, 0.15) is 5.75 Å². The number of para-hydroxylation sites is 1. The zero-order chi connectivity index (χ0) is 13.9. The molecule has 0 spiro atoms. The van der Waals surface area contributed by atoms with Crippen molar-refractivity contribution in [2.45, 2.75) is 0 Å². The molecule has 2 aromatic carbocycles. The smallest absolute Gasteiger partial charge is 0.156 e. The number of nitrogens with zero attached hydrogens (tertiary/aromatic N) is 1. The number of halogens is 1. The van der Waals surface area contributed by atoms with Crippen LogP contribution >= 0.6 is 11.6 Å². The van der Waals surface area contributed by atoms with E-state index in [4.69, 9.17) is 16.3 Å². The van der Waals surface area contributed by atoms with Gasteiger partial charge >= 0.3 is 0 Å². The van der Waals surface area contributed by atoms with Crippen molar-refractivity contribution >= 4 is 28.8 Å². The molecule has 20 heavy (non-hydrogen) atoms. The van der Waals surface area contributed by atoms with Gasteiger partial charge in [0.15, 0.2) is 12.0 Å². The molecule has 98 valence electrons. The number of hydrogen-bond donors (Lipinski definition) is 0. The lowest BCUT2D eigenvalue weighted by Crippen LogP contribution is -1.92. The summed E-state index contributed by atoms with van der Waals surface area (Å²) in [5.74, 6) is 0.979. The second-order valence-electron chi connectivity index (χ2n) is 4.20. The van der Waals surface area contributed by atoms with Crippen LogP contribution < -0.4 is 4.74 Å². The normalized spacial score (nSPS) is 10.4. The van der Waals surface area contributed by atoms with Crippen LogP contribution in [0.25, 0.3) is 10.9 Å². The number of aldehydes is 1. The second-order valence-corrected chi connectivity index (χ2v) is 4.61. The average Bonchev–Trinajstić information content (AvgIpc) is 2.49. The van der Waals surface area contributed by atoms with Crippen LogP contribution in [-0.2, 0) is 0 Å². The lowest BCUT2D eigenvalue weighted by Gasteiger charge is -2.11. The molecule has 0 saturated carbocycles. The standard InChI is InChI=1S/C16H10ClNO2/c17-13-6-1-4-11(10-19)16(13)20-15-8-2-7-14-12(15)5-3-9-18-14/h1-10H. The van der Waals surface area contributed by atoms with Gasteiger partial charge in [0.2, 0.25) is 0 Å². The summed E-state index contributed by atoms with van der Waals surface area (Å²) in [5.41, 5.74) is 1.24. The number of carbonyl (C=O) groups is 1. The molecule has 0 saturated heterocycles. The molecule has 0 aliphatic heterocycles. The van der Waals surface area contributed by atoms with Crippen LogP contribution in [0, 0.1) is 0 Å². The molecular weight excluding hydrogens is 274 g/mol. The molecule has 3 nitrogen and oxygen atoms in total. The third-order valence-corrected chi connectivity index (χ3v) is 3.24. The Labute approximate surface area is 120 Å². The van der Waals surface area contributed by atoms with E-state index in [1.165, 1.54) is 0 Å². The van der Waals surface area contributed by atoms with Gasteiger partial charge in [-0.2, -0.15) is 0 Å². The molecule has 1 aromatic heterocycles. The maximum atomic E-state index is 11.1. The minimum atomic E-state index is 0.362. The zero-order valence-electron chi connectivity index (χ0n) is 10.4. The van der Waals surface area contributed by atoms with Gasteiger partial charge in [-0.05, 0) is 36.4 Å². The number of aromatic nitrogens is 1. The summed E-state index contributed by atoms with van der Waals surface area (Å²) in [5, 5.41) is 1.27. The Bertz CT molecular complexity index is 781. The lowest BCUT2D eigenvalue weighted by molar-refractivity contribution is 0.112. The number of pyridine rings is 1. The van der Waals surface area contributed by atoms with E-state index in [-0.39, 0.29) is 0 Å². The fraction of sp³-hybridized carbons (Fsp3) is 0. The van der Waals surface area contributed by atoms with Crippen LogP contribution in [0.1, 0.15) is 10.4 Å². The van der Waals surface area contributed by atoms with Crippen LogP contribution in [-0.4, -0.2) is 11.3 Å². The highest BCUT2D eigenvalue weighted by Crippen LogP contribution is 2.35. The van der Waals surface area contributed by atoms with Gasteiger partial charge in [0.25, 0.3) is 0 Å². The third-order valence-electron chi connectivity index (χ3n) is 2.94. The van der Waals surface area contributed by atoms with Gasteiger partial charge in [0, 0.05) is 11.6 Å². The highest BCUT2D eigenvalue weighted by atomic mass is 35.5. The molecule has 3 aromatic rings. The Balaban J connectivity index is 2.13. The van der Waals surface area contributed by atoms with E-state index in [2.05, 4.69) is 4.98 Å². The predicted molar refractivity (Wildman–Crippen MR) is 78.7 cm³/mol. The monoisotopic (exact) mass is 283 g/mol. The van der Waals surface area contributed by atoms with Gasteiger partial charge in [0.05, 0.1) is 16.1 Å². The number of ether oxygens (including phenoxy) is 1. The van der Waals surface area contributed by atoms with Crippen molar-refractivity contribution in [3.05, 3.63) is 65.3 Å². The minimum absolute atomic E-state index is 0.362. The molecular formula is C16H10ClNO2. The van der Waals surface area contributed by atoms with E-state index in [1.807, 2.05) is 30.3 Å². The molecule has 0 unspecified atom stereocenters. The SMILES string of the molecule is O=Cc1cccc(Cl)c1Oc1cccc2ncccc12. The maximum Gasteiger partial charge on any atom is 0.156 e. The van der Waals surface area contributed by atoms with Crippen LogP contribution in [0.15, 0.2) is 54.7 Å². The highest BCUT2D eigenvalue weighted by Gasteiger charge is 2.11. The first kappa shape index (κ1) is 12.6. The summed E-state index contributed by atoms with van der Waals surface area (Å²) in [6.45, 7) is 0. The Hall–Kier alpha value is -2.39. The zero-order valence-corrected chi connectivity index (χ0v) is 11.2. The average molecular weight is 284 g/mol. The van der Waals surface area contributed by atoms with Crippen molar-refractivity contribution < 1.29 is 9.53 Å². The van der Waals surface area contributed by atoms with E-state index in [9.17, 15) is 4.79 Å². The number of hydrogen-bond acceptors (Lipinski definition) is 3. The van der Waals surface area contributed by atoms with Crippen LogP contribution in [0.3, 0.4) is 0 Å². The molecule has 1 heterocycles. The number of fused-ring (bicyclic) bond motifs is 1. The van der Waals surface area contributed by atoms with Crippen molar-refractivity contribution in [1.82, 2.24) is 4.98 Å². The molecule has 0 aliphatic carbocycles. The molecule has 0 N–H and O–H groups in total. The summed E-state index contributed by atoms with van der Waals surface area (Å²) < 4.78 is 5.84. The molecule has 0 radical (unpaired) electrons. The summed E-state index contributed by atoms with van der Waals surface area (Å²) in [6.07, 6.45) is 2.45. The van der Waals surface area contributed by atoms with Crippen molar-refractivity contribution in [2.75, 3.05) is 0 Å². The molecule has 3 rings (SSSR count). The van der Waals surface area contributed by atoms with Gasteiger partial charge in [-0.25, -0.2) is 0 Å². The minimum Gasteiger partial charge on any atom is -0.454 e. The Morgan fingerprint density at radius 2 is 1.90 bits per heavy atom. The Kier molecular flexibility index (Phi) is 3.35. The molecule has 0 fully saturated rings. The number of benzene rings is 2. The van der Waals surface area contributed by atoms with Gasteiger partial charge in [-0.1, -0.05) is 23.7 Å². The van der Waals surface area contributed by atoms with E-state index in [1.54, 1.807) is 24.4 Å². The Morgan fingerprint density at radius 3 is 2.75 bits per heavy atom. The van der Waals surface area contributed by atoms with Crippen LogP contribution in [0.5, 0.6) is 11.5 Å².